The van der Waals surface area contributed by atoms with Gasteiger partial charge in [0.2, 0.25) is 5.01 Å². The van der Waals surface area contributed by atoms with Gasteiger partial charge in [-0.1, -0.05) is 11.3 Å². The van der Waals surface area contributed by atoms with Crippen LogP contribution < -0.4 is 10.6 Å². The molecule has 1 amide bonds. The van der Waals surface area contributed by atoms with E-state index in [1.54, 1.807) is 0 Å². The lowest BCUT2D eigenvalue weighted by Crippen LogP contribution is -2.49. The van der Waals surface area contributed by atoms with Gasteiger partial charge in [-0.15, -0.1) is 10.2 Å². The number of carbonyl (C=O) groups excluding carboxylic acids is 1. The van der Waals surface area contributed by atoms with Crippen molar-refractivity contribution in [3.8, 4) is 0 Å². The quantitative estimate of drug-likeness (QED) is 0.890. The molecule has 122 valence electrons. The highest BCUT2D eigenvalue weighted by Crippen LogP contribution is 2.17. The maximum Gasteiger partial charge on any atom is 0.286 e. The number of rotatable bonds is 4. The van der Waals surface area contributed by atoms with Gasteiger partial charge in [-0.25, -0.2) is 4.39 Å². The number of benzene rings is 1. The summed E-state index contributed by atoms with van der Waals surface area (Å²) in [5.74, 6) is -0.667. The summed E-state index contributed by atoms with van der Waals surface area (Å²) in [4.78, 5) is 14.5. The number of hydrogen-bond donors (Lipinski definition) is 2. The van der Waals surface area contributed by atoms with Gasteiger partial charge in [0.1, 0.15) is 10.8 Å². The summed E-state index contributed by atoms with van der Waals surface area (Å²) in [5, 5.41) is 15.2. The molecule has 2 heterocycles. The lowest BCUT2D eigenvalue weighted by atomic mass is 10.2. The Morgan fingerprint density at radius 2 is 2.22 bits per heavy atom. The largest absolute Gasteiger partial charge is 0.320 e. The Hall–Kier alpha value is -1.90. The second-order valence-electron chi connectivity index (χ2n) is 5.49. The number of hydrogen-bond acceptors (Lipinski definition) is 6. The van der Waals surface area contributed by atoms with E-state index in [1.165, 1.54) is 35.6 Å². The van der Waals surface area contributed by atoms with Crippen LogP contribution in [-0.2, 0) is 6.54 Å². The summed E-state index contributed by atoms with van der Waals surface area (Å²) in [6.45, 7) is 5.73. The average Bonchev–Trinajstić information content (AvgIpc) is 3.01. The fourth-order valence-electron chi connectivity index (χ4n) is 2.42. The Balaban J connectivity index is 1.61. The molecule has 0 spiro atoms. The molecule has 1 fully saturated rings. The van der Waals surface area contributed by atoms with Gasteiger partial charge in [-0.3, -0.25) is 9.69 Å². The molecule has 6 nitrogen and oxygen atoms in total. The Morgan fingerprint density at radius 1 is 1.43 bits per heavy atom. The van der Waals surface area contributed by atoms with E-state index in [4.69, 9.17) is 0 Å². The number of aromatic nitrogens is 2. The van der Waals surface area contributed by atoms with Crippen molar-refractivity contribution in [1.82, 2.24) is 20.4 Å². The van der Waals surface area contributed by atoms with Crippen LogP contribution in [0.4, 0.5) is 10.1 Å². The first-order valence-corrected chi connectivity index (χ1v) is 8.27. The molecule has 1 atom stereocenters. The van der Waals surface area contributed by atoms with Crippen LogP contribution in [0.15, 0.2) is 24.3 Å². The van der Waals surface area contributed by atoms with E-state index in [2.05, 4.69) is 32.7 Å². The van der Waals surface area contributed by atoms with Gasteiger partial charge in [-0.05, 0) is 31.2 Å². The third-order valence-corrected chi connectivity index (χ3v) is 4.65. The van der Waals surface area contributed by atoms with Crippen molar-refractivity contribution in [3.05, 3.63) is 40.1 Å². The van der Waals surface area contributed by atoms with Crippen molar-refractivity contribution in [2.45, 2.75) is 19.5 Å². The predicted octanol–water partition coefficient (Wildman–Crippen LogP) is 1.72. The van der Waals surface area contributed by atoms with Crippen LogP contribution in [0.5, 0.6) is 0 Å². The molecular weight excluding hydrogens is 317 g/mol. The van der Waals surface area contributed by atoms with E-state index < -0.39 is 0 Å². The highest BCUT2D eigenvalue weighted by molar-refractivity contribution is 7.13. The van der Waals surface area contributed by atoms with Crippen molar-refractivity contribution in [3.63, 3.8) is 0 Å². The van der Waals surface area contributed by atoms with Crippen molar-refractivity contribution in [2.24, 2.45) is 0 Å². The zero-order chi connectivity index (χ0) is 16.2. The molecule has 8 heteroatoms. The van der Waals surface area contributed by atoms with Gasteiger partial charge in [0, 0.05) is 31.4 Å². The number of halogens is 1. The fraction of sp³-hybridized carbons (Fsp3) is 0.400. The molecule has 1 aliphatic rings. The number of carbonyl (C=O) groups is 1. The van der Waals surface area contributed by atoms with Crippen molar-refractivity contribution in [1.29, 1.82) is 0 Å². The molecule has 1 saturated heterocycles. The Kier molecular flexibility index (Phi) is 4.94. The lowest BCUT2D eigenvalue weighted by Gasteiger charge is -2.32. The van der Waals surface area contributed by atoms with Crippen molar-refractivity contribution < 1.29 is 9.18 Å². The molecule has 0 unspecified atom stereocenters. The fourth-order valence-corrected chi connectivity index (χ4v) is 3.18. The van der Waals surface area contributed by atoms with E-state index in [0.717, 1.165) is 24.6 Å². The summed E-state index contributed by atoms with van der Waals surface area (Å²) in [5.41, 5.74) is 0.531. The molecule has 2 aromatic rings. The van der Waals surface area contributed by atoms with Crippen LogP contribution in [0.2, 0.25) is 0 Å². The second-order valence-corrected chi connectivity index (χ2v) is 6.55. The molecule has 2 N–H and O–H groups in total. The van der Waals surface area contributed by atoms with Crippen molar-refractivity contribution in [2.75, 3.05) is 25.0 Å². The first-order chi connectivity index (χ1) is 11.1. The minimum absolute atomic E-state index is 0.312. The second kappa shape index (κ2) is 7.12. The highest BCUT2D eigenvalue weighted by atomic mass is 32.1. The molecule has 0 radical (unpaired) electrons. The standard InChI is InChI=1S/C15H18FN5OS/c1-10-8-17-6-7-21(10)9-13-19-20-15(23-13)14(22)18-12-4-2-11(16)3-5-12/h2-5,10,17H,6-9H2,1H3,(H,18,22)/t10-/m0/s1. The first kappa shape index (κ1) is 16.0. The van der Waals surface area contributed by atoms with E-state index >= 15 is 0 Å². The molecule has 1 aliphatic heterocycles. The molecule has 0 aliphatic carbocycles. The highest BCUT2D eigenvalue weighted by Gasteiger charge is 2.20. The third kappa shape index (κ3) is 4.10. The maximum absolute atomic E-state index is 12.9. The summed E-state index contributed by atoms with van der Waals surface area (Å²) in [7, 11) is 0. The van der Waals surface area contributed by atoms with E-state index in [9.17, 15) is 9.18 Å². The van der Waals surface area contributed by atoms with E-state index in [0.29, 0.717) is 23.3 Å². The van der Waals surface area contributed by atoms with Crippen LogP contribution in [0.1, 0.15) is 21.7 Å². The Labute approximate surface area is 137 Å². The summed E-state index contributed by atoms with van der Waals surface area (Å²) in [6, 6.07) is 6.05. The van der Waals surface area contributed by atoms with Crippen LogP contribution >= 0.6 is 11.3 Å². The first-order valence-electron chi connectivity index (χ1n) is 7.46. The molecule has 3 rings (SSSR count). The predicted molar refractivity (Wildman–Crippen MR) is 87.0 cm³/mol. The number of anilines is 1. The third-order valence-electron chi connectivity index (χ3n) is 3.74. The van der Waals surface area contributed by atoms with Gasteiger partial charge < -0.3 is 10.6 Å². The maximum atomic E-state index is 12.9. The van der Waals surface area contributed by atoms with Crippen molar-refractivity contribution >= 4 is 22.9 Å². The number of nitrogens with zero attached hydrogens (tertiary/aromatic N) is 3. The van der Waals surface area contributed by atoms with Gasteiger partial charge in [0.25, 0.3) is 5.91 Å². The molecular formula is C15H18FN5OS. The summed E-state index contributed by atoms with van der Waals surface area (Å²) in [6.07, 6.45) is 0. The SMILES string of the molecule is C[C@H]1CNCCN1Cc1nnc(C(=O)Nc2ccc(F)cc2)s1. The van der Waals surface area contributed by atoms with Crippen LogP contribution in [0.25, 0.3) is 0 Å². The van der Waals surface area contributed by atoms with Gasteiger partial charge in [0.15, 0.2) is 0 Å². The molecule has 0 bridgehead atoms. The number of nitrogens with one attached hydrogen (secondary N) is 2. The van der Waals surface area contributed by atoms with Gasteiger partial charge in [-0.2, -0.15) is 0 Å². The smallest absolute Gasteiger partial charge is 0.286 e. The topological polar surface area (TPSA) is 70.1 Å². The lowest BCUT2D eigenvalue weighted by molar-refractivity contribution is 0.102. The Morgan fingerprint density at radius 3 is 2.96 bits per heavy atom. The monoisotopic (exact) mass is 335 g/mol. The van der Waals surface area contributed by atoms with Gasteiger partial charge >= 0.3 is 0 Å². The Bertz CT molecular complexity index is 675. The molecule has 1 aromatic carbocycles. The van der Waals surface area contributed by atoms with Crippen LogP contribution in [-0.4, -0.2) is 46.7 Å². The number of amides is 1. The minimum atomic E-state index is -0.341. The zero-order valence-corrected chi connectivity index (χ0v) is 13.6. The molecule has 1 aromatic heterocycles. The summed E-state index contributed by atoms with van der Waals surface area (Å²) < 4.78 is 12.9. The van der Waals surface area contributed by atoms with Gasteiger partial charge in [0.05, 0.1) is 6.54 Å². The molecule has 23 heavy (non-hydrogen) atoms. The van der Waals surface area contributed by atoms with Crippen LogP contribution in [0.3, 0.4) is 0 Å². The zero-order valence-electron chi connectivity index (χ0n) is 12.8. The molecule has 0 saturated carbocycles. The minimum Gasteiger partial charge on any atom is -0.320 e. The summed E-state index contributed by atoms with van der Waals surface area (Å²) >= 11 is 1.29. The normalized spacial score (nSPS) is 18.8. The van der Waals surface area contributed by atoms with E-state index in [-0.39, 0.29) is 11.7 Å². The number of piperazine rings is 1. The van der Waals surface area contributed by atoms with Crippen LogP contribution in [0, 0.1) is 5.82 Å². The van der Waals surface area contributed by atoms with E-state index in [1.807, 2.05) is 0 Å². The average molecular weight is 335 g/mol.